The largest absolute Gasteiger partial charge is 0.381 e. The van der Waals surface area contributed by atoms with E-state index in [1.54, 1.807) is 19.1 Å². The molecule has 2 rings (SSSR count). The summed E-state index contributed by atoms with van der Waals surface area (Å²) in [7, 11) is 0. The molecule has 0 heterocycles. The van der Waals surface area contributed by atoms with Gasteiger partial charge in [-0.3, -0.25) is 10.1 Å². The second kappa shape index (κ2) is 6.16. The molecule has 0 amide bonds. The van der Waals surface area contributed by atoms with Gasteiger partial charge in [0.1, 0.15) is 0 Å². The van der Waals surface area contributed by atoms with Crippen LogP contribution in [-0.2, 0) is 13.1 Å². The molecule has 0 atom stereocenters. The number of hydrogen-bond acceptors (Lipinski definition) is 4. The first-order chi connectivity index (χ1) is 9.61. The van der Waals surface area contributed by atoms with Crippen LogP contribution < -0.4 is 11.1 Å². The number of rotatable bonds is 5. The molecule has 0 aliphatic carbocycles. The highest BCUT2D eigenvalue weighted by molar-refractivity contribution is 5.53. The Hall–Kier alpha value is -2.40. The van der Waals surface area contributed by atoms with Gasteiger partial charge >= 0.3 is 0 Å². The summed E-state index contributed by atoms with van der Waals surface area (Å²) < 4.78 is 0. The van der Waals surface area contributed by atoms with Crippen LogP contribution in [0.1, 0.15) is 16.7 Å². The van der Waals surface area contributed by atoms with Crippen molar-refractivity contribution in [3.8, 4) is 0 Å². The molecule has 5 nitrogen and oxygen atoms in total. The van der Waals surface area contributed by atoms with Crippen LogP contribution in [0.2, 0.25) is 0 Å². The summed E-state index contributed by atoms with van der Waals surface area (Å²) in [4.78, 5) is 10.4. The fraction of sp³-hybridized carbons (Fsp3) is 0.200. The number of nitro benzene ring substituents is 1. The van der Waals surface area contributed by atoms with Gasteiger partial charge in [0, 0.05) is 30.4 Å². The van der Waals surface area contributed by atoms with E-state index in [2.05, 4.69) is 5.32 Å². The molecule has 3 N–H and O–H groups in total. The average molecular weight is 271 g/mol. The smallest absolute Gasteiger partial charge is 0.272 e. The van der Waals surface area contributed by atoms with E-state index in [-0.39, 0.29) is 10.6 Å². The second-order valence-electron chi connectivity index (χ2n) is 4.58. The van der Waals surface area contributed by atoms with Crippen LogP contribution in [0.5, 0.6) is 0 Å². The lowest BCUT2D eigenvalue weighted by atomic mass is 10.1. The maximum Gasteiger partial charge on any atom is 0.272 e. The van der Waals surface area contributed by atoms with Crippen molar-refractivity contribution in [1.29, 1.82) is 0 Å². The van der Waals surface area contributed by atoms with Crippen molar-refractivity contribution in [2.45, 2.75) is 20.0 Å². The third kappa shape index (κ3) is 3.13. The zero-order valence-corrected chi connectivity index (χ0v) is 11.3. The zero-order chi connectivity index (χ0) is 14.5. The highest BCUT2D eigenvalue weighted by Gasteiger charge is 2.10. The maximum absolute atomic E-state index is 10.8. The first-order valence-corrected chi connectivity index (χ1v) is 6.37. The molecule has 0 unspecified atom stereocenters. The minimum absolute atomic E-state index is 0.137. The van der Waals surface area contributed by atoms with Gasteiger partial charge < -0.3 is 11.1 Å². The number of nitrogens with two attached hydrogens (primary N) is 1. The van der Waals surface area contributed by atoms with Gasteiger partial charge in [0.15, 0.2) is 0 Å². The van der Waals surface area contributed by atoms with Gasteiger partial charge in [-0.05, 0) is 30.2 Å². The van der Waals surface area contributed by atoms with E-state index in [1.165, 1.54) is 6.07 Å². The highest BCUT2D eigenvalue weighted by Crippen LogP contribution is 2.22. The Bertz CT molecular complexity index is 626. The molecule has 0 bridgehead atoms. The van der Waals surface area contributed by atoms with Gasteiger partial charge in [0.05, 0.1) is 4.92 Å². The van der Waals surface area contributed by atoms with E-state index >= 15 is 0 Å². The third-order valence-electron chi connectivity index (χ3n) is 3.21. The van der Waals surface area contributed by atoms with Crippen LogP contribution in [0.4, 0.5) is 11.4 Å². The molecule has 20 heavy (non-hydrogen) atoms. The van der Waals surface area contributed by atoms with Gasteiger partial charge in [-0.1, -0.05) is 24.3 Å². The van der Waals surface area contributed by atoms with Crippen molar-refractivity contribution in [2.24, 2.45) is 5.73 Å². The van der Waals surface area contributed by atoms with E-state index in [4.69, 9.17) is 5.73 Å². The van der Waals surface area contributed by atoms with Crippen LogP contribution in [-0.4, -0.2) is 4.92 Å². The third-order valence-corrected chi connectivity index (χ3v) is 3.21. The van der Waals surface area contributed by atoms with Crippen molar-refractivity contribution in [3.05, 3.63) is 69.3 Å². The minimum Gasteiger partial charge on any atom is -0.381 e. The van der Waals surface area contributed by atoms with E-state index in [0.717, 1.165) is 16.8 Å². The predicted molar refractivity (Wildman–Crippen MR) is 79.5 cm³/mol. The number of aryl methyl sites for hydroxylation is 1. The van der Waals surface area contributed by atoms with E-state index in [0.29, 0.717) is 18.7 Å². The SMILES string of the molecule is Cc1cc(NCc2ccccc2CN)ccc1[N+](=O)[O-]. The first-order valence-electron chi connectivity index (χ1n) is 6.37. The molecule has 0 radical (unpaired) electrons. The van der Waals surface area contributed by atoms with Gasteiger partial charge in [0.25, 0.3) is 5.69 Å². The van der Waals surface area contributed by atoms with Crippen molar-refractivity contribution in [1.82, 2.24) is 0 Å². The summed E-state index contributed by atoms with van der Waals surface area (Å²) in [5, 5.41) is 14.0. The lowest BCUT2D eigenvalue weighted by molar-refractivity contribution is -0.385. The Morgan fingerprint density at radius 2 is 1.90 bits per heavy atom. The molecule has 0 saturated heterocycles. The number of benzene rings is 2. The summed E-state index contributed by atoms with van der Waals surface area (Å²) in [6.07, 6.45) is 0. The number of nitro groups is 1. The van der Waals surface area contributed by atoms with Crippen LogP contribution >= 0.6 is 0 Å². The molecule has 2 aromatic carbocycles. The van der Waals surface area contributed by atoms with Crippen molar-refractivity contribution in [2.75, 3.05) is 5.32 Å². The molecule has 104 valence electrons. The predicted octanol–water partition coefficient (Wildman–Crippen LogP) is 2.97. The molecule has 5 heteroatoms. The maximum atomic E-state index is 10.8. The van der Waals surface area contributed by atoms with Crippen LogP contribution in [0.15, 0.2) is 42.5 Å². The van der Waals surface area contributed by atoms with Crippen molar-refractivity contribution >= 4 is 11.4 Å². The minimum atomic E-state index is -0.372. The molecule has 2 aromatic rings. The Labute approximate surface area is 117 Å². The number of hydrogen-bond donors (Lipinski definition) is 2. The summed E-state index contributed by atoms with van der Waals surface area (Å²) in [5.41, 5.74) is 9.56. The van der Waals surface area contributed by atoms with Gasteiger partial charge in [-0.25, -0.2) is 0 Å². The lowest BCUT2D eigenvalue weighted by Crippen LogP contribution is -2.06. The number of anilines is 1. The molecule has 0 spiro atoms. The van der Waals surface area contributed by atoms with E-state index in [1.807, 2.05) is 24.3 Å². The van der Waals surface area contributed by atoms with Crippen LogP contribution in [0.25, 0.3) is 0 Å². The molecule has 0 aromatic heterocycles. The summed E-state index contributed by atoms with van der Waals surface area (Å²) in [6, 6.07) is 13.0. The van der Waals surface area contributed by atoms with Gasteiger partial charge in [-0.2, -0.15) is 0 Å². The fourth-order valence-corrected chi connectivity index (χ4v) is 2.10. The fourth-order valence-electron chi connectivity index (χ4n) is 2.10. The lowest BCUT2D eigenvalue weighted by Gasteiger charge is -2.10. The molecule has 0 fully saturated rings. The number of nitrogens with zero attached hydrogens (tertiary/aromatic N) is 1. The Morgan fingerprint density at radius 3 is 2.50 bits per heavy atom. The second-order valence-corrected chi connectivity index (χ2v) is 4.58. The molecular formula is C15H17N3O2. The average Bonchev–Trinajstić information content (AvgIpc) is 2.45. The van der Waals surface area contributed by atoms with Crippen molar-refractivity contribution < 1.29 is 4.92 Å². The van der Waals surface area contributed by atoms with Crippen LogP contribution in [0.3, 0.4) is 0 Å². The Balaban J connectivity index is 2.11. The summed E-state index contributed by atoms with van der Waals surface area (Å²) in [5.74, 6) is 0. The highest BCUT2D eigenvalue weighted by atomic mass is 16.6. The van der Waals surface area contributed by atoms with E-state index < -0.39 is 0 Å². The Morgan fingerprint density at radius 1 is 1.20 bits per heavy atom. The zero-order valence-electron chi connectivity index (χ0n) is 11.3. The topological polar surface area (TPSA) is 81.2 Å². The quantitative estimate of drug-likeness (QED) is 0.647. The number of nitrogens with one attached hydrogen (secondary N) is 1. The molecular weight excluding hydrogens is 254 g/mol. The summed E-state index contributed by atoms with van der Waals surface area (Å²) in [6.45, 7) is 2.87. The normalized spacial score (nSPS) is 10.3. The van der Waals surface area contributed by atoms with E-state index in [9.17, 15) is 10.1 Å². The standard InChI is InChI=1S/C15H17N3O2/c1-11-8-14(6-7-15(11)18(19)20)17-10-13-5-3-2-4-12(13)9-16/h2-8,17H,9-10,16H2,1H3. The van der Waals surface area contributed by atoms with Crippen LogP contribution in [0, 0.1) is 17.0 Å². The molecule has 0 aliphatic heterocycles. The van der Waals surface area contributed by atoms with Crippen molar-refractivity contribution in [3.63, 3.8) is 0 Å². The summed E-state index contributed by atoms with van der Waals surface area (Å²) >= 11 is 0. The molecule has 0 aliphatic rings. The first kappa shape index (κ1) is 14.0. The molecule has 0 saturated carbocycles. The Kier molecular flexibility index (Phi) is 4.32. The van der Waals surface area contributed by atoms with Gasteiger partial charge in [0.2, 0.25) is 0 Å². The van der Waals surface area contributed by atoms with Gasteiger partial charge in [-0.15, -0.1) is 0 Å². The monoisotopic (exact) mass is 271 g/mol.